The topological polar surface area (TPSA) is 32.3 Å². The third-order valence-corrected chi connectivity index (χ3v) is 2.93. The van der Waals surface area contributed by atoms with Gasteiger partial charge in [0.15, 0.2) is 0 Å². The van der Waals surface area contributed by atoms with E-state index in [4.69, 9.17) is 0 Å². The Kier molecular flexibility index (Phi) is 6.13. The van der Waals surface area contributed by atoms with E-state index in [1.807, 2.05) is 43.0 Å². The number of para-hydroxylation sites is 1. The summed E-state index contributed by atoms with van der Waals surface area (Å²) >= 11 is 0. The van der Waals surface area contributed by atoms with Crippen molar-refractivity contribution in [2.45, 2.75) is 33.2 Å². The Bertz CT molecular complexity index is 427. The number of amides is 1. The molecule has 0 atom stereocenters. The highest BCUT2D eigenvalue weighted by molar-refractivity contribution is 5.99. The molecule has 0 saturated heterocycles. The van der Waals surface area contributed by atoms with Gasteiger partial charge in [-0.05, 0) is 32.4 Å². The van der Waals surface area contributed by atoms with Crippen LogP contribution in [0.15, 0.2) is 36.9 Å². The fourth-order valence-electron chi connectivity index (χ4n) is 1.91. The monoisotopic (exact) mass is 260 g/mol. The first kappa shape index (κ1) is 15.3. The molecule has 0 aliphatic carbocycles. The highest BCUT2D eigenvalue weighted by Crippen LogP contribution is 2.18. The van der Waals surface area contributed by atoms with Crippen LogP contribution in [0.25, 0.3) is 0 Å². The molecule has 1 N–H and O–H groups in total. The molecule has 0 aliphatic heterocycles. The molecular formula is C16H24N2O. The van der Waals surface area contributed by atoms with Gasteiger partial charge in [-0.3, -0.25) is 4.79 Å². The van der Waals surface area contributed by atoms with E-state index in [0.29, 0.717) is 6.54 Å². The smallest absolute Gasteiger partial charge is 0.256 e. The van der Waals surface area contributed by atoms with Gasteiger partial charge in [-0.2, -0.15) is 0 Å². The number of carbonyl (C=O) groups excluding carboxylic acids is 1. The number of anilines is 1. The molecule has 0 bridgehead atoms. The highest BCUT2D eigenvalue weighted by atomic mass is 16.2. The van der Waals surface area contributed by atoms with Gasteiger partial charge in [-0.1, -0.05) is 25.1 Å². The average Bonchev–Trinajstić information content (AvgIpc) is 2.41. The molecule has 3 heteroatoms. The Hall–Kier alpha value is -1.77. The van der Waals surface area contributed by atoms with Gasteiger partial charge in [-0.15, -0.1) is 6.58 Å². The molecule has 0 saturated carbocycles. The zero-order valence-corrected chi connectivity index (χ0v) is 12.1. The Labute approximate surface area is 116 Å². The van der Waals surface area contributed by atoms with Crippen LogP contribution in [0.5, 0.6) is 0 Å². The van der Waals surface area contributed by atoms with Crippen LogP contribution in [0.4, 0.5) is 5.69 Å². The van der Waals surface area contributed by atoms with E-state index in [2.05, 4.69) is 18.8 Å². The first-order chi connectivity index (χ1) is 9.11. The van der Waals surface area contributed by atoms with E-state index in [9.17, 15) is 4.79 Å². The predicted molar refractivity (Wildman–Crippen MR) is 81.6 cm³/mol. The molecule has 0 radical (unpaired) electrons. The first-order valence-electron chi connectivity index (χ1n) is 6.86. The number of rotatable bonds is 7. The minimum Gasteiger partial charge on any atom is -0.384 e. The molecule has 104 valence electrons. The van der Waals surface area contributed by atoms with Gasteiger partial charge in [0.25, 0.3) is 5.91 Å². The van der Waals surface area contributed by atoms with Gasteiger partial charge in [0, 0.05) is 24.8 Å². The lowest BCUT2D eigenvalue weighted by molar-refractivity contribution is 0.0729. The van der Waals surface area contributed by atoms with Crippen molar-refractivity contribution in [2.75, 3.05) is 18.4 Å². The lowest BCUT2D eigenvalue weighted by Crippen LogP contribution is -2.37. The predicted octanol–water partition coefficient (Wildman–Crippen LogP) is 3.55. The van der Waals surface area contributed by atoms with E-state index >= 15 is 0 Å². The van der Waals surface area contributed by atoms with Crippen LogP contribution >= 0.6 is 0 Å². The molecule has 0 spiro atoms. The number of nitrogens with zero attached hydrogens (tertiary/aromatic N) is 1. The summed E-state index contributed by atoms with van der Waals surface area (Å²) in [4.78, 5) is 14.4. The van der Waals surface area contributed by atoms with Crippen LogP contribution < -0.4 is 5.32 Å². The SMILES string of the molecule is C=CCN(C(=O)c1ccccc1NCCC)C(C)C. The molecule has 0 aromatic heterocycles. The van der Waals surface area contributed by atoms with Gasteiger partial charge in [0.2, 0.25) is 0 Å². The third-order valence-electron chi connectivity index (χ3n) is 2.93. The molecule has 0 fully saturated rings. The van der Waals surface area contributed by atoms with Gasteiger partial charge in [-0.25, -0.2) is 0 Å². The largest absolute Gasteiger partial charge is 0.384 e. The average molecular weight is 260 g/mol. The molecule has 1 aromatic carbocycles. The van der Waals surface area contributed by atoms with Crippen molar-refractivity contribution >= 4 is 11.6 Å². The summed E-state index contributed by atoms with van der Waals surface area (Å²) in [5.74, 6) is 0.0501. The van der Waals surface area contributed by atoms with Crippen LogP contribution in [-0.2, 0) is 0 Å². The van der Waals surface area contributed by atoms with Crippen LogP contribution in [0.3, 0.4) is 0 Å². The Morgan fingerprint density at radius 1 is 1.42 bits per heavy atom. The highest BCUT2D eigenvalue weighted by Gasteiger charge is 2.19. The van der Waals surface area contributed by atoms with Crippen molar-refractivity contribution in [3.63, 3.8) is 0 Å². The molecule has 1 aromatic rings. The lowest BCUT2D eigenvalue weighted by Gasteiger charge is -2.26. The lowest BCUT2D eigenvalue weighted by atomic mass is 10.1. The van der Waals surface area contributed by atoms with Crippen LogP contribution in [0.2, 0.25) is 0 Å². The Morgan fingerprint density at radius 2 is 2.11 bits per heavy atom. The molecule has 0 unspecified atom stereocenters. The maximum atomic E-state index is 12.6. The number of nitrogens with one attached hydrogen (secondary N) is 1. The van der Waals surface area contributed by atoms with E-state index < -0.39 is 0 Å². The summed E-state index contributed by atoms with van der Waals surface area (Å²) in [7, 11) is 0. The van der Waals surface area contributed by atoms with Crippen LogP contribution in [0, 0.1) is 0 Å². The minimum atomic E-state index is 0.0501. The van der Waals surface area contributed by atoms with Crippen LogP contribution in [-0.4, -0.2) is 29.9 Å². The normalized spacial score (nSPS) is 10.3. The molecule has 0 heterocycles. The van der Waals surface area contributed by atoms with Gasteiger partial charge in [0.05, 0.1) is 5.56 Å². The molecule has 1 rings (SSSR count). The Morgan fingerprint density at radius 3 is 2.68 bits per heavy atom. The Balaban J connectivity index is 2.99. The zero-order chi connectivity index (χ0) is 14.3. The summed E-state index contributed by atoms with van der Waals surface area (Å²) in [5.41, 5.74) is 1.63. The van der Waals surface area contributed by atoms with E-state index in [-0.39, 0.29) is 11.9 Å². The number of hydrogen-bond donors (Lipinski definition) is 1. The number of hydrogen-bond acceptors (Lipinski definition) is 2. The quantitative estimate of drug-likeness (QED) is 0.760. The van der Waals surface area contributed by atoms with Crippen LogP contribution in [0.1, 0.15) is 37.6 Å². The number of benzene rings is 1. The minimum absolute atomic E-state index is 0.0501. The van der Waals surface area contributed by atoms with E-state index in [0.717, 1.165) is 24.2 Å². The summed E-state index contributed by atoms with van der Waals surface area (Å²) in [6.45, 7) is 11.3. The van der Waals surface area contributed by atoms with Gasteiger partial charge in [0.1, 0.15) is 0 Å². The van der Waals surface area contributed by atoms with Crippen molar-refractivity contribution in [2.24, 2.45) is 0 Å². The zero-order valence-electron chi connectivity index (χ0n) is 12.1. The van der Waals surface area contributed by atoms with Crippen molar-refractivity contribution in [3.8, 4) is 0 Å². The van der Waals surface area contributed by atoms with Crippen molar-refractivity contribution in [1.29, 1.82) is 0 Å². The number of carbonyl (C=O) groups is 1. The van der Waals surface area contributed by atoms with Crippen molar-refractivity contribution in [1.82, 2.24) is 4.90 Å². The maximum Gasteiger partial charge on any atom is 0.256 e. The fourth-order valence-corrected chi connectivity index (χ4v) is 1.91. The third kappa shape index (κ3) is 4.12. The molecular weight excluding hydrogens is 236 g/mol. The van der Waals surface area contributed by atoms with E-state index in [1.54, 1.807) is 6.08 Å². The summed E-state index contributed by atoms with van der Waals surface area (Å²) < 4.78 is 0. The fraction of sp³-hybridized carbons (Fsp3) is 0.438. The second kappa shape index (κ2) is 7.62. The molecule has 1 amide bonds. The summed E-state index contributed by atoms with van der Waals surface area (Å²) in [5, 5.41) is 3.31. The maximum absolute atomic E-state index is 12.6. The van der Waals surface area contributed by atoms with Crippen molar-refractivity contribution in [3.05, 3.63) is 42.5 Å². The molecule has 19 heavy (non-hydrogen) atoms. The summed E-state index contributed by atoms with van der Waals surface area (Å²) in [6, 6.07) is 7.83. The second-order valence-corrected chi connectivity index (χ2v) is 4.81. The summed E-state index contributed by atoms with van der Waals surface area (Å²) in [6.07, 6.45) is 2.79. The standard InChI is InChI=1S/C16H24N2O/c1-5-11-17-15-10-8-7-9-14(15)16(19)18(12-6-2)13(3)4/h6-10,13,17H,2,5,11-12H2,1,3-4H3. The van der Waals surface area contributed by atoms with Gasteiger partial charge < -0.3 is 10.2 Å². The van der Waals surface area contributed by atoms with E-state index in [1.165, 1.54) is 0 Å². The molecule has 3 nitrogen and oxygen atoms in total. The van der Waals surface area contributed by atoms with Crippen molar-refractivity contribution < 1.29 is 4.79 Å². The first-order valence-corrected chi connectivity index (χ1v) is 6.86. The van der Waals surface area contributed by atoms with Gasteiger partial charge >= 0.3 is 0 Å². The molecule has 0 aliphatic rings. The second-order valence-electron chi connectivity index (χ2n) is 4.81.